The van der Waals surface area contributed by atoms with Crippen LogP contribution < -0.4 is 15.7 Å². The fourth-order valence-electron chi connectivity index (χ4n) is 4.12. The lowest BCUT2D eigenvalue weighted by Crippen LogP contribution is -2.45. The molecule has 8 heteroatoms. The number of benzene rings is 2. The Morgan fingerprint density at radius 2 is 1.85 bits per heavy atom. The Kier molecular flexibility index (Phi) is 7.27. The van der Waals surface area contributed by atoms with Crippen molar-refractivity contribution in [2.75, 3.05) is 26.2 Å². The van der Waals surface area contributed by atoms with E-state index in [-0.39, 0.29) is 24.3 Å². The third-order valence-electron chi connectivity index (χ3n) is 6.17. The van der Waals surface area contributed by atoms with Crippen molar-refractivity contribution < 1.29 is 14.6 Å². The molecule has 178 valence electrons. The van der Waals surface area contributed by atoms with Crippen LogP contribution in [0.3, 0.4) is 0 Å². The minimum Gasteiger partial charge on any atom is -0.508 e. The maximum atomic E-state index is 12.3. The van der Waals surface area contributed by atoms with Crippen molar-refractivity contribution in [3.8, 4) is 34.0 Å². The number of carbonyl (C=O) groups excluding carboxylic acids is 1. The molecule has 1 fully saturated rings. The summed E-state index contributed by atoms with van der Waals surface area (Å²) in [5.41, 5.74) is 2.91. The SMILES string of the molecule is CCN1CCC(NC(=O)COc2ccc(-c3cc(-c4ccc(O)c(C)c4)nc(=O)[nH]3)cc2)CC1. The second-order valence-electron chi connectivity index (χ2n) is 8.58. The largest absolute Gasteiger partial charge is 0.508 e. The summed E-state index contributed by atoms with van der Waals surface area (Å²) >= 11 is 0. The van der Waals surface area contributed by atoms with Gasteiger partial charge in [0.2, 0.25) is 0 Å². The summed E-state index contributed by atoms with van der Waals surface area (Å²) in [6, 6.07) is 14.3. The first-order valence-corrected chi connectivity index (χ1v) is 11.6. The number of aromatic nitrogens is 2. The number of hydrogen-bond acceptors (Lipinski definition) is 6. The van der Waals surface area contributed by atoms with E-state index in [1.54, 1.807) is 43.3 Å². The van der Waals surface area contributed by atoms with E-state index in [1.165, 1.54) is 0 Å². The molecule has 1 saturated heterocycles. The zero-order valence-electron chi connectivity index (χ0n) is 19.5. The Labute approximate surface area is 198 Å². The van der Waals surface area contributed by atoms with E-state index in [0.29, 0.717) is 22.7 Å². The van der Waals surface area contributed by atoms with E-state index < -0.39 is 5.69 Å². The number of phenolic OH excluding ortho intramolecular Hbond substituents is 1. The van der Waals surface area contributed by atoms with Crippen molar-refractivity contribution in [3.63, 3.8) is 0 Å². The number of likely N-dealkylation sites (tertiary alicyclic amines) is 1. The molecule has 4 rings (SSSR count). The number of carbonyl (C=O) groups is 1. The highest BCUT2D eigenvalue weighted by atomic mass is 16.5. The molecule has 1 aromatic heterocycles. The molecule has 1 aliphatic heterocycles. The van der Waals surface area contributed by atoms with E-state index in [4.69, 9.17) is 4.74 Å². The second-order valence-corrected chi connectivity index (χ2v) is 8.58. The highest BCUT2D eigenvalue weighted by molar-refractivity contribution is 5.78. The summed E-state index contributed by atoms with van der Waals surface area (Å²) in [5.74, 6) is 0.650. The Bertz CT molecular complexity index is 1200. The molecule has 0 radical (unpaired) electrons. The van der Waals surface area contributed by atoms with Crippen LogP contribution in [0.1, 0.15) is 25.3 Å². The average molecular weight is 463 g/mol. The highest BCUT2D eigenvalue weighted by Crippen LogP contribution is 2.26. The maximum absolute atomic E-state index is 12.3. The Morgan fingerprint density at radius 3 is 2.53 bits per heavy atom. The second kappa shape index (κ2) is 10.5. The first-order valence-electron chi connectivity index (χ1n) is 11.6. The zero-order chi connectivity index (χ0) is 24.1. The van der Waals surface area contributed by atoms with E-state index in [9.17, 15) is 14.7 Å². The molecule has 0 aliphatic carbocycles. The van der Waals surface area contributed by atoms with Crippen LogP contribution in [0, 0.1) is 6.92 Å². The van der Waals surface area contributed by atoms with Gasteiger partial charge in [-0.15, -0.1) is 0 Å². The topological polar surface area (TPSA) is 108 Å². The summed E-state index contributed by atoms with van der Waals surface area (Å²) in [5, 5.41) is 12.8. The predicted octanol–water partition coefficient (Wildman–Crippen LogP) is 3.10. The number of aromatic hydroxyl groups is 1. The van der Waals surface area contributed by atoms with Crippen molar-refractivity contribution in [1.82, 2.24) is 20.2 Å². The van der Waals surface area contributed by atoms with Crippen LogP contribution in [-0.4, -0.2) is 58.2 Å². The van der Waals surface area contributed by atoms with Gasteiger partial charge in [0.1, 0.15) is 11.5 Å². The number of hydrogen-bond donors (Lipinski definition) is 3. The Balaban J connectivity index is 1.38. The normalized spacial score (nSPS) is 14.6. The van der Waals surface area contributed by atoms with Crippen LogP contribution >= 0.6 is 0 Å². The number of nitrogens with one attached hydrogen (secondary N) is 2. The Hall–Kier alpha value is -3.65. The van der Waals surface area contributed by atoms with E-state index in [1.807, 2.05) is 12.1 Å². The van der Waals surface area contributed by atoms with Crippen molar-refractivity contribution in [1.29, 1.82) is 0 Å². The lowest BCUT2D eigenvalue weighted by Gasteiger charge is -2.31. The molecule has 0 unspecified atom stereocenters. The molecule has 8 nitrogen and oxygen atoms in total. The third kappa shape index (κ3) is 5.82. The number of H-pyrrole nitrogens is 1. The predicted molar refractivity (Wildman–Crippen MR) is 131 cm³/mol. The first kappa shape index (κ1) is 23.5. The molecule has 2 heterocycles. The van der Waals surface area contributed by atoms with Crippen LogP contribution in [0.2, 0.25) is 0 Å². The number of aromatic amines is 1. The van der Waals surface area contributed by atoms with Crippen molar-refractivity contribution in [2.24, 2.45) is 0 Å². The first-order chi connectivity index (χ1) is 16.4. The van der Waals surface area contributed by atoms with Crippen molar-refractivity contribution >= 4 is 5.91 Å². The fourth-order valence-corrected chi connectivity index (χ4v) is 4.12. The smallest absolute Gasteiger partial charge is 0.345 e. The molecule has 0 atom stereocenters. The van der Waals surface area contributed by atoms with Crippen LogP contribution in [0.5, 0.6) is 11.5 Å². The van der Waals surface area contributed by atoms with Gasteiger partial charge < -0.3 is 25.0 Å². The number of amides is 1. The van der Waals surface area contributed by atoms with Gasteiger partial charge in [0, 0.05) is 24.7 Å². The maximum Gasteiger partial charge on any atom is 0.345 e. The molecule has 34 heavy (non-hydrogen) atoms. The molecular formula is C26H30N4O4. The third-order valence-corrected chi connectivity index (χ3v) is 6.17. The standard InChI is InChI=1S/C26H30N4O4/c1-3-30-12-10-20(11-13-30)27-25(32)16-34-21-7-4-18(5-8-21)22-15-23(29-26(33)28-22)19-6-9-24(31)17(2)14-19/h4-9,14-15,20,31H,3,10-13,16H2,1-2H3,(H,27,32)(H,28,29,33). The number of rotatable bonds is 7. The van der Waals surface area contributed by atoms with Crippen LogP contribution in [0.15, 0.2) is 53.3 Å². The monoisotopic (exact) mass is 462 g/mol. The number of nitrogens with zero attached hydrogens (tertiary/aromatic N) is 2. The fraction of sp³-hybridized carbons (Fsp3) is 0.346. The summed E-state index contributed by atoms with van der Waals surface area (Å²) in [4.78, 5) is 33.6. The molecule has 1 aliphatic rings. The van der Waals surface area contributed by atoms with Gasteiger partial charge in [0.15, 0.2) is 6.61 Å². The lowest BCUT2D eigenvalue weighted by atomic mass is 10.1. The van der Waals surface area contributed by atoms with E-state index >= 15 is 0 Å². The van der Waals surface area contributed by atoms with Crippen LogP contribution in [-0.2, 0) is 4.79 Å². The molecule has 1 amide bonds. The average Bonchev–Trinajstić information content (AvgIpc) is 2.85. The minimum absolute atomic E-state index is 0.0379. The van der Waals surface area contributed by atoms with Crippen molar-refractivity contribution in [2.45, 2.75) is 32.7 Å². The van der Waals surface area contributed by atoms with Gasteiger partial charge in [-0.3, -0.25) is 4.79 Å². The highest BCUT2D eigenvalue weighted by Gasteiger charge is 2.19. The molecular weight excluding hydrogens is 432 g/mol. The molecule has 0 spiro atoms. The van der Waals surface area contributed by atoms with Gasteiger partial charge in [0.25, 0.3) is 5.91 Å². The lowest BCUT2D eigenvalue weighted by molar-refractivity contribution is -0.124. The van der Waals surface area contributed by atoms with E-state index in [0.717, 1.165) is 43.6 Å². The summed E-state index contributed by atoms with van der Waals surface area (Å²) in [7, 11) is 0. The van der Waals surface area contributed by atoms with Gasteiger partial charge in [-0.1, -0.05) is 6.92 Å². The van der Waals surface area contributed by atoms with Crippen molar-refractivity contribution in [3.05, 3.63) is 64.6 Å². The van der Waals surface area contributed by atoms with Gasteiger partial charge in [-0.25, -0.2) is 4.79 Å². The number of aryl methyl sites for hydroxylation is 1. The summed E-state index contributed by atoms with van der Waals surface area (Å²) < 4.78 is 5.65. The van der Waals surface area contributed by atoms with E-state index in [2.05, 4.69) is 27.1 Å². The van der Waals surface area contributed by atoms with Crippen LogP contribution in [0.4, 0.5) is 0 Å². The van der Waals surface area contributed by atoms with Gasteiger partial charge in [-0.2, -0.15) is 4.98 Å². The summed E-state index contributed by atoms with van der Waals surface area (Å²) in [6.45, 7) is 6.97. The van der Waals surface area contributed by atoms with Gasteiger partial charge in [0.05, 0.1) is 11.4 Å². The van der Waals surface area contributed by atoms with Crippen LogP contribution in [0.25, 0.3) is 22.5 Å². The molecule has 3 aromatic rings. The zero-order valence-corrected chi connectivity index (χ0v) is 19.5. The molecule has 0 bridgehead atoms. The quantitative estimate of drug-likeness (QED) is 0.498. The van der Waals surface area contributed by atoms with Gasteiger partial charge in [-0.05, 0) is 86.0 Å². The number of ether oxygens (including phenoxy) is 1. The van der Waals surface area contributed by atoms with Gasteiger partial charge >= 0.3 is 5.69 Å². The number of piperidine rings is 1. The Morgan fingerprint density at radius 1 is 1.15 bits per heavy atom. The molecule has 3 N–H and O–H groups in total. The summed E-state index contributed by atoms with van der Waals surface area (Å²) in [6.07, 6.45) is 1.92. The number of phenols is 1. The molecule has 0 saturated carbocycles. The minimum atomic E-state index is -0.458. The molecule has 2 aromatic carbocycles.